The van der Waals surface area contributed by atoms with E-state index in [0.29, 0.717) is 12.8 Å². The molecule has 1 atom stereocenters. The molecule has 0 radical (unpaired) electrons. The van der Waals surface area contributed by atoms with Crippen LogP contribution in [0.1, 0.15) is 25.7 Å². The molecule has 17 heavy (non-hydrogen) atoms. The standard InChI is InChI=1S/C12H17NO4/c1-2-7-13(9-12(15)16)11(14)6-5-10-4-3-8-17-10/h1,10H,3-9H2,(H,15,16). The molecule has 1 amide bonds. The van der Waals surface area contributed by atoms with Gasteiger partial charge in [-0.2, -0.15) is 0 Å². The van der Waals surface area contributed by atoms with Crippen molar-refractivity contribution < 1.29 is 19.4 Å². The van der Waals surface area contributed by atoms with E-state index in [-0.39, 0.29) is 25.1 Å². The van der Waals surface area contributed by atoms with E-state index in [1.807, 2.05) is 0 Å². The average molecular weight is 239 g/mol. The van der Waals surface area contributed by atoms with E-state index in [1.54, 1.807) is 0 Å². The highest BCUT2D eigenvalue weighted by Crippen LogP contribution is 2.17. The topological polar surface area (TPSA) is 66.8 Å². The highest BCUT2D eigenvalue weighted by Gasteiger charge is 2.20. The number of amides is 1. The van der Waals surface area contributed by atoms with Gasteiger partial charge in [0.25, 0.3) is 0 Å². The molecule has 94 valence electrons. The Kier molecular flexibility index (Phi) is 5.50. The average Bonchev–Trinajstić information content (AvgIpc) is 2.77. The molecule has 1 saturated heterocycles. The zero-order valence-corrected chi connectivity index (χ0v) is 9.72. The zero-order chi connectivity index (χ0) is 12.7. The van der Waals surface area contributed by atoms with Gasteiger partial charge in [-0.1, -0.05) is 5.92 Å². The van der Waals surface area contributed by atoms with Crippen LogP contribution >= 0.6 is 0 Å². The second-order valence-corrected chi connectivity index (χ2v) is 4.02. The van der Waals surface area contributed by atoms with Crippen molar-refractivity contribution in [1.29, 1.82) is 0 Å². The number of carbonyl (C=O) groups excluding carboxylic acids is 1. The largest absolute Gasteiger partial charge is 0.480 e. The smallest absolute Gasteiger partial charge is 0.323 e. The van der Waals surface area contributed by atoms with E-state index in [9.17, 15) is 9.59 Å². The van der Waals surface area contributed by atoms with Crippen molar-refractivity contribution in [2.75, 3.05) is 19.7 Å². The van der Waals surface area contributed by atoms with E-state index in [2.05, 4.69) is 5.92 Å². The number of carboxylic acids is 1. The molecule has 0 aromatic rings. The number of carbonyl (C=O) groups is 2. The first-order valence-electron chi connectivity index (χ1n) is 5.68. The van der Waals surface area contributed by atoms with Crippen molar-refractivity contribution in [2.24, 2.45) is 0 Å². The van der Waals surface area contributed by atoms with E-state index >= 15 is 0 Å². The van der Waals surface area contributed by atoms with Crippen LogP contribution in [0.5, 0.6) is 0 Å². The first-order valence-corrected chi connectivity index (χ1v) is 5.68. The third kappa shape index (κ3) is 4.87. The van der Waals surface area contributed by atoms with Crippen LogP contribution in [0.2, 0.25) is 0 Å². The summed E-state index contributed by atoms with van der Waals surface area (Å²) in [4.78, 5) is 23.5. The van der Waals surface area contributed by atoms with Crippen LogP contribution in [0.3, 0.4) is 0 Å². The summed E-state index contributed by atoms with van der Waals surface area (Å²) >= 11 is 0. The van der Waals surface area contributed by atoms with Gasteiger partial charge in [0.2, 0.25) is 5.91 Å². The molecular formula is C12H17NO4. The van der Waals surface area contributed by atoms with Gasteiger partial charge in [0, 0.05) is 13.0 Å². The number of terminal acetylenes is 1. The van der Waals surface area contributed by atoms with Gasteiger partial charge in [-0.25, -0.2) is 0 Å². The molecule has 1 aliphatic rings. The van der Waals surface area contributed by atoms with Gasteiger partial charge in [-0.15, -0.1) is 6.42 Å². The fraction of sp³-hybridized carbons (Fsp3) is 0.667. The van der Waals surface area contributed by atoms with Gasteiger partial charge < -0.3 is 14.7 Å². The lowest BCUT2D eigenvalue weighted by Gasteiger charge is -2.18. The molecule has 1 fully saturated rings. The maximum absolute atomic E-state index is 11.7. The Morgan fingerprint density at radius 2 is 2.29 bits per heavy atom. The Morgan fingerprint density at radius 1 is 1.53 bits per heavy atom. The summed E-state index contributed by atoms with van der Waals surface area (Å²) < 4.78 is 5.40. The number of carboxylic acid groups (broad SMARTS) is 1. The molecule has 1 rings (SSSR count). The number of hydrogen-bond donors (Lipinski definition) is 1. The van der Waals surface area contributed by atoms with Gasteiger partial charge in [0.05, 0.1) is 12.6 Å². The summed E-state index contributed by atoms with van der Waals surface area (Å²) in [7, 11) is 0. The van der Waals surface area contributed by atoms with Crippen molar-refractivity contribution in [3.63, 3.8) is 0 Å². The lowest BCUT2D eigenvalue weighted by molar-refractivity contribution is -0.144. The van der Waals surface area contributed by atoms with Crippen LogP contribution in [0.15, 0.2) is 0 Å². The summed E-state index contributed by atoms with van der Waals surface area (Å²) in [6, 6.07) is 0. The lowest BCUT2D eigenvalue weighted by Crippen LogP contribution is -2.36. The van der Waals surface area contributed by atoms with Crippen molar-refractivity contribution in [2.45, 2.75) is 31.8 Å². The SMILES string of the molecule is C#CCN(CC(=O)O)C(=O)CCC1CCCO1. The van der Waals surface area contributed by atoms with Crippen molar-refractivity contribution in [3.05, 3.63) is 0 Å². The second-order valence-electron chi connectivity index (χ2n) is 4.02. The minimum Gasteiger partial charge on any atom is -0.480 e. The summed E-state index contributed by atoms with van der Waals surface area (Å²) in [5, 5.41) is 8.65. The third-order valence-corrected chi connectivity index (χ3v) is 2.67. The highest BCUT2D eigenvalue weighted by molar-refractivity contribution is 5.81. The van der Waals surface area contributed by atoms with Crippen LogP contribution in [0.4, 0.5) is 0 Å². The van der Waals surface area contributed by atoms with E-state index in [1.165, 1.54) is 4.90 Å². The van der Waals surface area contributed by atoms with E-state index in [0.717, 1.165) is 19.4 Å². The molecule has 5 heteroatoms. The molecule has 0 saturated carbocycles. The van der Waals surface area contributed by atoms with Gasteiger partial charge in [0.1, 0.15) is 6.54 Å². The lowest BCUT2D eigenvalue weighted by atomic mass is 10.1. The third-order valence-electron chi connectivity index (χ3n) is 2.67. The Hall–Kier alpha value is -1.54. The minimum atomic E-state index is -1.05. The van der Waals surface area contributed by atoms with Crippen LogP contribution < -0.4 is 0 Å². The molecular weight excluding hydrogens is 222 g/mol. The first kappa shape index (κ1) is 13.5. The molecule has 5 nitrogen and oxygen atoms in total. The fourth-order valence-corrected chi connectivity index (χ4v) is 1.82. The van der Waals surface area contributed by atoms with Crippen LogP contribution in [-0.2, 0) is 14.3 Å². The number of rotatable bonds is 6. The fourth-order valence-electron chi connectivity index (χ4n) is 1.82. The molecule has 0 bridgehead atoms. The van der Waals surface area contributed by atoms with Gasteiger partial charge in [-0.05, 0) is 19.3 Å². The Bertz CT molecular complexity index is 315. The molecule has 1 aliphatic heterocycles. The van der Waals surface area contributed by atoms with Crippen molar-refractivity contribution in [1.82, 2.24) is 4.90 Å². The highest BCUT2D eigenvalue weighted by atomic mass is 16.5. The van der Waals surface area contributed by atoms with E-state index in [4.69, 9.17) is 16.3 Å². The molecule has 0 spiro atoms. The predicted octanol–water partition coefficient (Wildman–Crippen LogP) is 0.492. The van der Waals surface area contributed by atoms with Gasteiger partial charge in [0.15, 0.2) is 0 Å². The number of ether oxygens (including phenoxy) is 1. The maximum atomic E-state index is 11.7. The quantitative estimate of drug-likeness (QED) is 0.685. The predicted molar refractivity (Wildman–Crippen MR) is 61.3 cm³/mol. The first-order chi connectivity index (χ1) is 8.13. The van der Waals surface area contributed by atoms with Gasteiger partial charge >= 0.3 is 5.97 Å². The molecule has 0 aliphatic carbocycles. The van der Waals surface area contributed by atoms with Gasteiger partial charge in [-0.3, -0.25) is 9.59 Å². The maximum Gasteiger partial charge on any atom is 0.323 e. The Balaban J connectivity index is 2.35. The summed E-state index contributed by atoms with van der Waals surface area (Å²) in [6.07, 6.45) is 8.17. The summed E-state index contributed by atoms with van der Waals surface area (Å²) in [5.41, 5.74) is 0. The van der Waals surface area contributed by atoms with Crippen molar-refractivity contribution in [3.8, 4) is 12.3 Å². The van der Waals surface area contributed by atoms with E-state index < -0.39 is 5.97 Å². The zero-order valence-electron chi connectivity index (χ0n) is 9.72. The van der Waals surface area contributed by atoms with Crippen molar-refractivity contribution >= 4 is 11.9 Å². The molecule has 1 N–H and O–H groups in total. The molecule has 0 aromatic heterocycles. The van der Waals surface area contributed by atoms with Crippen LogP contribution in [0, 0.1) is 12.3 Å². The summed E-state index contributed by atoms with van der Waals surface area (Å²) in [5.74, 6) is 1.02. The Morgan fingerprint density at radius 3 is 2.82 bits per heavy atom. The molecule has 1 unspecified atom stereocenters. The Labute approximate surface area is 101 Å². The summed E-state index contributed by atoms with van der Waals surface area (Å²) in [6.45, 7) is 0.452. The molecule has 0 aromatic carbocycles. The number of nitrogens with zero attached hydrogens (tertiary/aromatic N) is 1. The monoisotopic (exact) mass is 239 g/mol. The minimum absolute atomic E-state index is 0.0384. The second kappa shape index (κ2) is 6.92. The normalized spacial score (nSPS) is 18.6. The van der Waals surface area contributed by atoms with Crippen LogP contribution in [0.25, 0.3) is 0 Å². The number of hydrogen-bond acceptors (Lipinski definition) is 3. The number of aliphatic carboxylic acids is 1. The molecule has 1 heterocycles. The van der Waals surface area contributed by atoms with Crippen LogP contribution in [-0.4, -0.2) is 47.7 Å².